The number of carbonyl (C=O) groups excluding carboxylic acids is 1. The van der Waals surface area contributed by atoms with Gasteiger partial charge in [-0.25, -0.2) is 4.98 Å². The lowest BCUT2D eigenvalue weighted by Crippen LogP contribution is -2.24. The highest BCUT2D eigenvalue weighted by Gasteiger charge is 2.20. The number of para-hydroxylation sites is 1. The van der Waals surface area contributed by atoms with Gasteiger partial charge in [-0.1, -0.05) is 55.4 Å². The van der Waals surface area contributed by atoms with Crippen molar-refractivity contribution in [3.63, 3.8) is 0 Å². The molecule has 1 unspecified atom stereocenters. The Kier molecular flexibility index (Phi) is 6.42. The lowest BCUT2D eigenvalue weighted by molar-refractivity contribution is -0.115. The first-order valence-electron chi connectivity index (χ1n) is 9.10. The molecular weight excluding hydrogens is 392 g/mol. The highest BCUT2D eigenvalue weighted by molar-refractivity contribution is 8.00. The Morgan fingerprint density at radius 1 is 1.14 bits per heavy atom. The molecule has 3 aromatic rings. The SMILES string of the molecule is Cc1cccc(C(C)C)c1NC(=O)C(C)Sc1n[nH]c(-c2ccc(Cl)cc2)n1. The molecule has 0 fully saturated rings. The van der Waals surface area contributed by atoms with Crippen LogP contribution in [0.1, 0.15) is 37.8 Å². The van der Waals surface area contributed by atoms with Crippen LogP contribution in [0, 0.1) is 6.92 Å². The van der Waals surface area contributed by atoms with Gasteiger partial charge in [-0.15, -0.1) is 5.10 Å². The normalized spacial score (nSPS) is 12.2. The molecule has 1 amide bonds. The third-order valence-corrected chi connectivity index (χ3v) is 5.62. The van der Waals surface area contributed by atoms with Crippen LogP contribution in [0.15, 0.2) is 47.6 Å². The number of aromatic amines is 1. The molecule has 0 saturated carbocycles. The van der Waals surface area contributed by atoms with Gasteiger partial charge < -0.3 is 5.32 Å². The number of thioether (sulfide) groups is 1. The number of nitrogens with one attached hydrogen (secondary N) is 2. The number of hydrogen-bond donors (Lipinski definition) is 2. The zero-order valence-electron chi connectivity index (χ0n) is 16.3. The molecule has 0 bridgehead atoms. The Bertz CT molecular complexity index is 969. The van der Waals surface area contributed by atoms with E-state index in [9.17, 15) is 4.79 Å². The number of anilines is 1. The predicted octanol–water partition coefficient (Wildman–Crippen LogP) is 5.68. The zero-order valence-corrected chi connectivity index (χ0v) is 17.9. The molecule has 0 aliphatic rings. The van der Waals surface area contributed by atoms with Gasteiger partial charge in [0, 0.05) is 16.3 Å². The van der Waals surface area contributed by atoms with E-state index in [2.05, 4.69) is 40.4 Å². The number of hydrogen-bond acceptors (Lipinski definition) is 4. The smallest absolute Gasteiger partial charge is 0.237 e. The van der Waals surface area contributed by atoms with Crippen LogP contribution in [0.4, 0.5) is 5.69 Å². The molecule has 3 rings (SSSR count). The molecule has 0 radical (unpaired) electrons. The van der Waals surface area contributed by atoms with Gasteiger partial charge in [-0.05, 0) is 55.2 Å². The van der Waals surface area contributed by atoms with E-state index in [-0.39, 0.29) is 11.2 Å². The number of H-pyrrole nitrogens is 1. The fourth-order valence-electron chi connectivity index (χ4n) is 2.81. The molecule has 2 aromatic carbocycles. The molecule has 5 nitrogen and oxygen atoms in total. The van der Waals surface area contributed by atoms with E-state index < -0.39 is 0 Å². The van der Waals surface area contributed by atoms with E-state index in [0.29, 0.717) is 21.9 Å². The summed E-state index contributed by atoms with van der Waals surface area (Å²) in [5, 5.41) is 11.1. The van der Waals surface area contributed by atoms with E-state index in [1.165, 1.54) is 11.8 Å². The van der Waals surface area contributed by atoms with Crippen molar-refractivity contribution in [2.45, 2.75) is 44.0 Å². The number of nitrogens with zero attached hydrogens (tertiary/aromatic N) is 2. The maximum atomic E-state index is 12.7. The van der Waals surface area contributed by atoms with E-state index in [0.717, 1.165) is 22.4 Å². The Morgan fingerprint density at radius 2 is 1.86 bits per heavy atom. The van der Waals surface area contributed by atoms with E-state index in [1.807, 2.05) is 38.1 Å². The lowest BCUT2D eigenvalue weighted by Gasteiger charge is -2.18. The number of rotatable bonds is 6. The lowest BCUT2D eigenvalue weighted by atomic mass is 9.98. The van der Waals surface area contributed by atoms with Crippen LogP contribution < -0.4 is 5.32 Å². The van der Waals surface area contributed by atoms with Gasteiger partial charge in [0.2, 0.25) is 11.1 Å². The van der Waals surface area contributed by atoms with Crippen LogP contribution in [-0.2, 0) is 4.79 Å². The summed E-state index contributed by atoms with van der Waals surface area (Å²) in [5.74, 6) is 0.903. The Morgan fingerprint density at radius 3 is 2.54 bits per heavy atom. The standard InChI is InChI=1S/C21H23ClN4OS/c1-12(2)17-7-5-6-13(3)18(17)23-20(27)14(4)28-21-24-19(25-26-21)15-8-10-16(22)11-9-15/h5-12,14H,1-4H3,(H,23,27)(H,24,25,26). The van der Waals surface area contributed by atoms with Gasteiger partial charge >= 0.3 is 0 Å². The highest BCUT2D eigenvalue weighted by atomic mass is 35.5. The van der Waals surface area contributed by atoms with Crippen molar-refractivity contribution >= 4 is 35.0 Å². The summed E-state index contributed by atoms with van der Waals surface area (Å²) >= 11 is 7.24. The molecule has 146 valence electrons. The van der Waals surface area contributed by atoms with Crippen LogP contribution in [0.5, 0.6) is 0 Å². The first-order chi connectivity index (χ1) is 13.3. The summed E-state index contributed by atoms with van der Waals surface area (Å²) in [4.78, 5) is 17.2. The number of aryl methyl sites for hydroxylation is 1. The minimum atomic E-state index is -0.339. The Hall–Kier alpha value is -2.31. The molecule has 0 saturated heterocycles. The second-order valence-corrected chi connectivity index (χ2v) is 8.66. The second kappa shape index (κ2) is 8.80. The average molecular weight is 415 g/mol. The van der Waals surface area contributed by atoms with Gasteiger partial charge in [-0.2, -0.15) is 0 Å². The van der Waals surface area contributed by atoms with Gasteiger partial charge in [0.25, 0.3) is 0 Å². The molecule has 0 aliphatic heterocycles. The molecule has 28 heavy (non-hydrogen) atoms. The molecule has 0 aliphatic carbocycles. The largest absolute Gasteiger partial charge is 0.325 e. The van der Waals surface area contributed by atoms with Gasteiger partial charge in [-0.3, -0.25) is 9.89 Å². The monoisotopic (exact) mass is 414 g/mol. The summed E-state index contributed by atoms with van der Waals surface area (Å²) < 4.78 is 0. The second-order valence-electron chi connectivity index (χ2n) is 6.92. The van der Waals surface area contributed by atoms with Crippen molar-refractivity contribution in [1.29, 1.82) is 0 Å². The maximum Gasteiger partial charge on any atom is 0.237 e. The predicted molar refractivity (Wildman–Crippen MR) is 116 cm³/mol. The topological polar surface area (TPSA) is 70.7 Å². The fraction of sp³-hybridized carbons (Fsp3) is 0.286. The van der Waals surface area contributed by atoms with E-state index >= 15 is 0 Å². The molecule has 1 heterocycles. The minimum absolute atomic E-state index is 0.0703. The summed E-state index contributed by atoms with van der Waals surface area (Å²) in [7, 11) is 0. The summed E-state index contributed by atoms with van der Waals surface area (Å²) in [5.41, 5.74) is 3.97. The first-order valence-corrected chi connectivity index (χ1v) is 10.4. The van der Waals surface area contributed by atoms with Crippen LogP contribution in [0.25, 0.3) is 11.4 Å². The summed E-state index contributed by atoms with van der Waals surface area (Å²) in [6.45, 7) is 8.10. The van der Waals surface area contributed by atoms with Gasteiger partial charge in [0.15, 0.2) is 5.82 Å². The molecule has 1 atom stereocenters. The van der Waals surface area contributed by atoms with Crippen molar-refractivity contribution in [1.82, 2.24) is 15.2 Å². The van der Waals surface area contributed by atoms with Crippen molar-refractivity contribution in [2.75, 3.05) is 5.32 Å². The van der Waals surface area contributed by atoms with Crippen molar-refractivity contribution in [3.05, 3.63) is 58.6 Å². The van der Waals surface area contributed by atoms with Gasteiger partial charge in [0.1, 0.15) is 0 Å². The van der Waals surface area contributed by atoms with Crippen LogP contribution in [0.2, 0.25) is 5.02 Å². The molecular formula is C21H23ClN4OS. The zero-order chi connectivity index (χ0) is 20.3. The molecule has 7 heteroatoms. The number of halogens is 1. The Labute approximate surface area is 174 Å². The third kappa shape index (κ3) is 4.75. The van der Waals surface area contributed by atoms with Crippen LogP contribution in [0.3, 0.4) is 0 Å². The summed E-state index contributed by atoms with van der Waals surface area (Å²) in [6.07, 6.45) is 0. The Balaban J connectivity index is 1.69. The van der Waals surface area contributed by atoms with E-state index in [1.54, 1.807) is 12.1 Å². The highest BCUT2D eigenvalue weighted by Crippen LogP contribution is 2.29. The number of benzene rings is 2. The quantitative estimate of drug-likeness (QED) is 0.509. The summed E-state index contributed by atoms with van der Waals surface area (Å²) in [6, 6.07) is 13.4. The van der Waals surface area contributed by atoms with Crippen molar-refractivity contribution < 1.29 is 4.79 Å². The third-order valence-electron chi connectivity index (χ3n) is 4.41. The molecule has 2 N–H and O–H groups in total. The maximum absolute atomic E-state index is 12.7. The number of carbonyl (C=O) groups is 1. The van der Waals surface area contributed by atoms with Crippen molar-refractivity contribution in [2.24, 2.45) is 0 Å². The van der Waals surface area contributed by atoms with Crippen LogP contribution in [-0.4, -0.2) is 26.3 Å². The molecule has 0 spiro atoms. The number of aromatic nitrogens is 3. The van der Waals surface area contributed by atoms with Crippen molar-refractivity contribution in [3.8, 4) is 11.4 Å². The van der Waals surface area contributed by atoms with Crippen LogP contribution >= 0.6 is 23.4 Å². The number of amides is 1. The fourth-order valence-corrected chi connectivity index (χ4v) is 3.67. The van der Waals surface area contributed by atoms with E-state index in [4.69, 9.17) is 11.6 Å². The van der Waals surface area contributed by atoms with Gasteiger partial charge in [0.05, 0.1) is 5.25 Å². The first kappa shape index (κ1) is 20.4. The minimum Gasteiger partial charge on any atom is -0.325 e. The molecule has 1 aromatic heterocycles. The average Bonchev–Trinajstić information content (AvgIpc) is 3.12.